The smallest absolute Gasteiger partial charge is 0.349 e. The Hall–Kier alpha value is -3.16. The zero-order valence-electron chi connectivity index (χ0n) is 10.9. The third-order valence-electron chi connectivity index (χ3n) is 2.90. The van der Waals surface area contributed by atoms with Crippen molar-refractivity contribution in [1.29, 1.82) is 0 Å². The van der Waals surface area contributed by atoms with Crippen LogP contribution in [0.3, 0.4) is 0 Å². The van der Waals surface area contributed by atoms with Gasteiger partial charge in [0.25, 0.3) is 5.56 Å². The third-order valence-corrected chi connectivity index (χ3v) is 2.90. The summed E-state index contributed by atoms with van der Waals surface area (Å²) < 4.78 is 4.93. The Kier molecular flexibility index (Phi) is 2.72. The van der Waals surface area contributed by atoms with E-state index in [4.69, 9.17) is 10.2 Å². The zero-order chi connectivity index (χ0) is 15.1. The largest absolute Gasteiger partial charge is 0.507 e. The molecule has 8 nitrogen and oxygen atoms in total. The van der Waals surface area contributed by atoms with Crippen LogP contribution in [0.5, 0.6) is 5.75 Å². The van der Waals surface area contributed by atoms with Crippen LogP contribution >= 0.6 is 0 Å². The number of rotatable bonds is 1. The van der Waals surface area contributed by atoms with E-state index in [0.29, 0.717) is 0 Å². The molecule has 0 aliphatic heterocycles. The first-order chi connectivity index (χ1) is 9.95. The lowest BCUT2D eigenvalue weighted by Crippen LogP contribution is -2.12. The van der Waals surface area contributed by atoms with E-state index in [-0.39, 0.29) is 39.7 Å². The molecule has 3 heterocycles. The quantitative estimate of drug-likeness (QED) is 0.593. The maximum absolute atomic E-state index is 11.9. The van der Waals surface area contributed by atoms with E-state index in [2.05, 4.69) is 15.0 Å². The monoisotopic (exact) mass is 286 g/mol. The average molecular weight is 286 g/mol. The normalized spacial score (nSPS) is 10.9. The minimum Gasteiger partial charge on any atom is -0.507 e. The highest BCUT2D eigenvalue weighted by Crippen LogP contribution is 2.25. The molecule has 0 saturated heterocycles. The SMILES string of the molecule is Cc1cc(O)c(-c2ccc3c(=O)[nH]c(N)nc3n2)c(=O)o1. The summed E-state index contributed by atoms with van der Waals surface area (Å²) in [5, 5.41) is 10.1. The van der Waals surface area contributed by atoms with Crippen LogP contribution in [0.2, 0.25) is 0 Å². The Morgan fingerprint density at radius 1 is 1.29 bits per heavy atom. The lowest BCUT2D eigenvalue weighted by atomic mass is 10.1. The molecule has 0 aliphatic rings. The van der Waals surface area contributed by atoms with Crippen molar-refractivity contribution < 1.29 is 9.52 Å². The van der Waals surface area contributed by atoms with Crippen LogP contribution in [0.4, 0.5) is 5.95 Å². The van der Waals surface area contributed by atoms with E-state index in [1.807, 2.05) is 0 Å². The number of nitrogens with two attached hydrogens (primary N) is 1. The predicted molar refractivity (Wildman–Crippen MR) is 74.9 cm³/mol. The Morgan fingerprint density at radius 2 is 2.05 bits per heavy atom. The molecule has 0 aliphatic carbocycles. The van der Waals surface area contributed by atoms with E-state index in [0.717, 1.165) is 0 Å². The first-order valence-corrected chi connectivity index (χ1v) is 5.96. The summed E-state index contributed by atoms with van der Waals surface area (Å²) in [6.07, 6.45) is 0. The molecule has 3 rings (SSSR count). The van der Waals surface area contributed by atoms with Crippen molar-refractivity contribution in [3.63, 3.8) is 0 Å². The molecule has 3 aromatic rings. The second-order valence-corrected chi connectivity index (χ2v) is 4.42. The molecule has 106 valence electrons. The lowest BCUT2D eigenvalue weighted by Gasteiger charge is -2.04. The number of anilines is 1. The molecule has 0 amide bonds. The predicted octanol–water partition coefficient (Wildman–Crippen LogP) is 0.535. The van der Waals surface area contributed by atoms with Crippen molar-refractivity contribution >= 4 is 17.0 Å². The van der Waals surface area contributed by atoms with Gasteiger partial charge in [0, 0.05) is 6.07 Å². The number of fused-ring (bicyclic) bond motifs is 1. The van der Waals surface area contributed by atoms with Crippen molar-refractivity contribution in [2.45, 2.75) is 6.92 Å². The summed E-state index contributed by atoms with van der Waals surface area (Å²) in [6, 6.07) is 4.18. The van der Waals surface area contributed by atoms with Crippen molar-refractivity contribution in [2.24, 2.45) is 0 Å². The zero-order valence-corrected chi connectivity index (χ0v) is 10.9. The van der Waals surface area contributed by atoms with Gasteiger partial charge in [0.05, 0.1) is 11.1 Å². The maximum atomic E-state index is 11.9. The number of aromatic hydroxyl groups is 1. The van der Waals surface area contributed by atoms with Gasteiger partial charge in [0.1, 0.15) is 17.1 Å². The van der Waals surface area contributed by atoms with Crippen molar-refractivity contribution in [2.75, 3.05) is 5.73 Å². The second kappa shape index (κ2) is 4.44. The number of nitrogens with one attached hydrogen (secondary N) is 1. The molecule has 0 saturated carbocycles. The molecule has 0 spiro atoms. The van der Waals surface area contributed by atoms with Gasteiger partial charge < -0.3 is 15.3 Å². The van der Waals surface area contributed by atoms with Gasteiger partial charge in [-0.15, -0.1) is 0 Å². The molecule has 0 radical (unpaired) electrons. The van der Waals surface area contributed by atoms with E-state index < -0.39 is 11.2 Å². The summed E-state index contributed by atoms with van der Waals surface area (Å²) in [5.74, 6) is -0.0634. The van der Waals surface area contributed by atoms with Gasteiger partial charge in [-0.1, -0.05) is 0 Å². The molecular weight excluding hydrogens is 276 g/mol. The molecule has 3 aromatic heterocycles. The standard InChI is InChI=1S/C13H10N4O4/c1-5-4-8(18)9(12(20)21-5)7-3-2-6-10(15-7)16-13(14)17-11(6)19/h2-4,18H,1H3,(H3,14,15,16,17,19). The van der Waals surface area contributed by atoms with Crippen LogP contribution < -0.4 is 16.9 Å². The van der Waals surface area contributed by atoms with Gasteiger partial charge in [-0.25, -0.2) is 9.78 Å². The fourth-order valence-electron chi connectivity index (χ4n) is 2.01. The Bertz CT molecular complexity index is 974. The molecule has 0 bridgehead atoms. The number of aryl methyl sites for hydroxylation is 1. The van der Waals surface area contributed by atoms with E-state index in [9.17, 15) is 14.7 Å². The van der Waals surface area contributed by atoms with Gasteiger partial charge in [-0.05, 0) is 19.1 Å². The van der Waals surface area contributed by atoms with E-state index in [1.165, 1.54) is 18.2 Å². The number of nitrogens with zero attached hydrogens (tertiary/aromatic N) is 2. The second-order valence-electron chi connectivity index (χ2n) is 4.42. The highest BCUT2D eigenvalue weighted by atomic mass is 16.4. The van der Waals surface area contributed by atoms with Crippen LogP contribution in [0.1, 0.15) is 5.76 Å². The van der Waals surface area contributed by atoms with Crippen LogP contribution in [0, 0.1) is 6.92 Å². The first kappa shape index (κ1) is 12.9. The van der Waals surface area contributed by atoms with Crippen molar-refractivity contribution in [1.82, 2.24) is 15.0 Å². The van der Waals surface area contributed by atoms with E-state index >= 15 is 0 Å². The average Bonchev–Trinajstić information content (AvgIpc) is 2.36. The van der Waals surface area contributed by atoms with Gasteiger partial charge in [-0.2, -0.15) is 4.98 Å². The van der Waals surface area contributed by atoms with Gasteiger partial charge in [-0.3, -0.25) is 9.78 Å². The maximum Gasteiger partial charge on any atom is 0.349 e. The Morgan fingerprint density at radius 3 is 2.76 bits per heavy atom. The summed E-state index contributed by atoms with van der Waals surface area (Å²) in [4.78, 5) is 33.9. The molecule has 21 heavy (non-hydrogen) atoms. The number of aromatic amines is 1. The highest BCUT2D eigenvalue weighted by Gasteiger charge is 2.15. The number of nitrogen functional groups attached to an aromatic ring is 1. The minimum absolute atomic E-state index is 0.0770. The van der Waals surface area contributed by atoms with Crippen LogP contribution in [0.15, 0.2) is 32.2 Å². The van der Waals surface area contributed by atoms with Crippen LogP contribution in [-0.4, -0.2) is 20.1 Å². The fourth-order valence-corrected chi connectivity index (χ4v) is 2.01. The summed E-state index contributed by atoms with van der Waals surface area (Å²) in [7, 11) is 0. The fraction of sp³-hybridized carbons (Fsp3) is 0.0769. The summed E-state index contributed by atoms with van der Waals surface area (Å²) >= 11 is 0. The van der Waals surface area contributed by atoms with Gasteiger partial charge in [0.2, 0.25) is 5.95 Å². The number of hydrogen-bond donors (Lipinski definition) is 3. The van der Waals surface area contributed by atoms with Gasteiger partial charge >= 0.3 is 5.63 Å². The number of H-pyrrole nitrogens is 1. The van der Waals surface area contributed by atoms with E-state index in [1.54, 1.807) is 6.92 Å². The Labute approximate surface area is 116 Å². The molecule has 0 unspecified atom stereocenters. The molecule has 0 aromatic carbocycles. The lowest BCUT2D eigenvalue weighted by molar-refractivity contribution is 0.438. The number of pyridine rings is 1. The van der Waals surface area contributed by atoms with Crippen LogP contribution in [-0.2, 0) is 0 Å². The van der Waals surface area contributed by atoms with Crippen molar-refractivity contribution in [3.05, 3.63) is 44.7 Å². The van der Waals surface area contributed by atoms with Gasteiger partial charge in [0.15, 0.2) is 5.65 Å². The number of hydrogen-bond acceptors (Lipinski definition) is 7. The third kappa shape index (κ3) is 2.12. The highest BCUT2D eigenvalue weighted by molar-refractivity contribution is 5.79. The molecule has 0 atom stereocenters. The van der Waals surface area contributed by atoms with Crippen molar-refractivity contribution in [3.8, 4) is 17.0 Å². The molecular formula is C13H10N4O4. The van der Waals surface area contributed by atoms with Crippen LogP contribution in [0.25, 0.3) is 22.3 Å². The molecule has 0 fully saturated rings. The minimum atomic E-state index is -0.725. The molecule has 8 heteroatoms. The number of aromatic nitrogens is 3. The first-order valence-electron chi connectivity index (χ1n) is 5.96. The molecule has 4 N–H and O–H groups in total. The topological polar surface area (TPSA) is 135 Å². The summed E-state index contributed by atoms with van der Waals surface area (Å²) in [5.41, 5.74) is 4.43. The Balaban J connectivity index is 2.32. The summed E-state index contributed by atoms with van der Waals surface area (Å²) in [6.45, 7) is 1.54.